The van der Waals surface area contributed by atoms with E-state index in [1.807, 2.05) is 0 Å². The molecule has 3 atom stereocenters. The quantitative estimate of drug-likeness (QED) is 0.922. The van der Waals surface area contributed by atoms with Gasteiger partial charge in [0.1, 0.15) is 23.8 Å². The van der Waals surface area contributed by atoms with E-state index in [0.29, 0.717) is 5.75 Å². The molecule has 0 aromatic heterocycles. The van der Waals surface area contributed by atoms with E-state index in [1.54, 1.807) is 12.1 Å². The first kappa shape index (κ1) is 15.7. The number of rotatable bonds is 3. The molecule has 1 aromatic rings. The monoisotopic (exact) mass is 308 g/mol. The van der Waals surface area contributed by atoms with Crippen LogP contribution in [0.2, 0.25) is 0 Å². The van der Waals surface area contributed by atoms with Crippen molar-refractivity contribution in [3.63, 3.8) is 0 Å². The molecule has 1 saturated heterocycles. The molecular weight excluding hydrogens is 283 g/mol. The van der Waals surface area contributed by atoms with E-state index in [0.717, 1.165) is 45.4 Å². The Labute approximate surface area is 131 Å². The minimum atomic E-state index is -0.484. The molecule has 2 aliphatic rings. The lowest BCUT2D eigenvalue weighted by Crippen LogP contribution is -2.57. The molecule has 22 heavy (non-hydrogen) atoms. The fraction of sp³-hybridized carbons (Fsp3) is 0.647. The van der Waals surface area contributed by atoms with Crippen LogP contribution in [-0.2, 0) is 0 Å². The molecule has 2 fully saturated rings. The van der Waals surface area contributed by atoms with Crippen molar-refractivity contribution >= 4 is 0 Å². The maximum Gasteiger partial charge on any atom is 0.126 e. The zero-order chi connectivity index (χ0) is 15.5. The van der Waals surface area contributed by atoms with Crippen LogP contribution in [-0.4, -0.2) is 66.4 Å². The Kier molecular flexibility index (Phi) is 4.96. The van der Waals surface area contributed by atoms with Crippen molar-refractivity contribution < 1.29 is 14.2 Å². The van der Waals surface area contributed by atoms with Crippen molar-refractivity contribution in [2.45, 2.75) is 37.5 Å². The molecule has 1 heterocycles. The molecule has 0 amide bonds. The summed E-state index contributed by atoms with van der Waals surface area (Å²) in [6.07, 6.45) is 2.24. The van der Waals surface area contributed by atoms with Gasteiger partial charge < -0.3 is 14.7 Å². The number of benzene rings is 1. The van der Waals surface area contributed by atoms with E-state index in [9.17, 15) is 9.50 Å². The Morgan fingerprint density at radius 3 is 2.45 bits per heavy atom. The molecule has 1 aliphatic heterocycles. The maximum atomic E-state index is 13.0. The highest BCUT2D eigenvalue weighted by atomic mass is 19.1. The van der Waals surface area contributed by atoms with E-state index >= 15 is 0 Å². The van der Waals surface area contributed by atoms with E-state index in [4.69, 9.17) is 4.74 Å². The second-order valence-electron chi connectivity index (χ2n) is 6.44. The van der Waals surface area contributed by atoms with Gasteiger partial charge in [-0.2, -0.15) is 0 Å². The summed E-state index contributed by atoms with van der Waals surface area (Å²) in [6, 6.07) is 6.21. The summed E-state index contributed by atoms with van der Waals surface area (Å²) >= 11 is 0. The zero-order valence-electron chi connectivity index (χ0n) is 13.1. The Balaban J connectivity index is 1.62. The van der Waals surface area contributed by atoms with Crippen LogP contribution >= 0.6 is 0 Å². The normalized spacial score (nSPS) is 31.1. The third kappa shape index (κ3) is 3.59. The lowest BCUT2D eigenvalue weighted by Gasteiger charge is -2.44. The van der Waals surface area contributed by atoms with Crippen LogP contribution in [0, 0.1) is 5.82 Å². The Morgan fingerprint density at radius 2 is 1.77 bits per heavy atom. The van der Waals surface area contributed by atoms with Gasteiger partial charge in [0.2, 0.25) is 0 Å². The molecule has 4 nitrogen and oxygen atoms in total. The van der Waals surface area contributed by atoms with Gasteiger partial charge in [0, 0.05) is 32.2 Å². The number of aliphatic hydroxyl groups excluding tert-OH is 1. The molecule has 0 unspecified atom stereocenters. The van der Waals surface area contributed by atoms with Gasteiger partial charge >= 0.3 is 0 Å². The highest BCUT2D eigenvalue weighted by Gasteiger charge is 2.37. The van der Waals surface area contributed by atoms with Crippen molar-refractivity contribution in [1.82, 2.24) is 9.80 Å². The number of ether oxygens (including phenoxy) is 1. The number of likely N-dealkylation sites (N-methyl/N-ethyl adjacent to an activating group) is 1. The predicted octanol–water partition coefficient (Wildman–Crippen LogP) is 1.73. The number of hydrogen-bond acceptors (Lipinski definition) is 4. The minimum Gasteiger partial charge on any atom is -0.488 e. The predicted molar refractivity (Wildman–Crippen MR) is 83.5 cm³/mol. The smallest absolute Gasteiger partial charge is 0.126 e. The van der Waals surface area contributed by atoms with Crippen molar-refractivity contribution in [2.24, 2.45) is 0 Å². The van der Waals surface area contributed by atoms with Gasteiger partial charge in [-0.15, -0.1) is 0 Å². The second kappa shape index (κ2) is 6.94. The molecule has 1 saturated carbocycles. The Hall–Kier alpha value is -1.17. The van der Waals surface area contributed by atoms with Crippen molar-refractivity contribution in [2.75, 3.05) is 33.2 Å². The van der Waals surface area contributed by atoms with Gasteiger partial charge in [-0.3, -0.25) is 4.90 Å². The van der Waals surface area contributed by atoms with E-state index in [1.165, 1.54) is 12.1 Å². The van der Waals surface area contributed by atoms with Crippen LogP contribution in [0.25, 0.3) is 0 Å². The van der Waals surface area contributed by atoms with Crippen molar-refractivity contribution in [3.05, 3.63) is 30.1 Å². The molecule has 1 aliphatic carbocycles. The summed E-state index contributed by atoms with van der Waals surface area (Å²) in [5.41, 5.74) is 0. The Bertz CT molecular complexity index is 474. The van der Waals surface area contributed by atoms with Gasteiger partial charge in [0.05, 0.1) is 0 Å². The number of nitrogens with zero attached hydrogens (tertiary/aromatic N) is 2. The van der Waals surface area contributed by atoms with Crippen LogP contribution in [0.5, 0.6) is 5.75 Å². The number of halogens is 1. The first-order chi connectivity index (χ1) is 10.6. The van der Waals surface area contributed by atoms with Crippen LogP contribution in [0.15, 0.2) is 24.3 Å². The number of piperazine rings is 1. The van der Waals surface area contributed by atoms with Crippen molar-refractivity contribution in [3.8, 4) is 5.75 Å². The highest BCUT2D eigenvalue weighted by Crippen LogP contribution is 2.28. The summed E-state index contributed by atoms with van der Waals surface area (Å²) in [7, 11) is 2.13. The lowest BCUT2D eigenvalue weighted by atomic mass is 9.88. The van der Waals surface area contributed by atoms with Crippen LogP contribution < -0.4 is 4.74 Å². The molecule has 5 heteroatoms. The fourth-order valence-electron chi connectivity index (χ4n) is 3.49. The van der Waals surface area contributed by atoms with Crippen LogP contribution in [0.4, 0.5) is 4.39 Å². The molecule has 122 valence electrons. The molecule has 3 rings (SSSR count). The summed E-state index contributed by atoms with van der Waals surface area (Å²) in [5.74, 6) is 0.358. The van der Waals surface area contributed by atoms with Gasteiger partial charge in [-0.05, 0) is 50.6 Å². The third-order valence-corrected chi connectivity index (χ3v) is 4.87. The van der Waals surface area contributed by atoms with Crippen LogP contribution in [0.3, 0.4) is 0 Å². The average molecular weight is 308 g/mol. The zero-order valence-corrected chi connectivity index (χ0v) is 13.1. The van der Waals surface area contributed by atoms with Gasteiger partial charge in [-0.1, -0.05) is 0 Å². The van der Waals surface area contributed by atoms with Gasteiger partial charge in [0.25, 0.3) is 0 Å². The summed E-state index contributed by atoms with van der Waals surface area (Å²) in [4.78, 5) is 4.71. The molecule has 0 radical (unpaired) electrons. The standard InChI is InChI=1S/C17H25FN2O2/c1-19-9-11-20(12-10-19)15-3-2-4-16(17(15)21)22-14-7-5-13(18)6-8-14/h5-8,15-17,21H,2-4,9-12H2,1H3/t15-,16+,17+/m0/s1. The molecule has 0 bridgehead atoms. The highest BCUT2D eigenvalue weighted by molar-refractivity contribution is 5.22. The summed E-state index contributed by atoms with van der Waals surface area (Å²) < 4.78 is 18.9. The number of aliphatic hydroxyl groups is 1. The average Bonchev–Trinajstić information content (AvgIpc) is 2.53. The minimum absolute atomic E-state index is 0.174. The number of hydrogen-bond donors (Lipinski definition) is 1. The van der Waals surface area contributed by atoms with Crippen LogP contribution in [0.1, 0.15) is 19.3 Å². The second-order valence-corrected chi connectivity index (χ2v) is 6.44. The first-order valence-electron chi connectivity index (χ1n) is 8.16. The largest absolute Gasteiger partial charge is 0.488 e. The fourth-order valence-corrected chi connectivity index (χ4v) is 3.49. The van der Waals surface area contributed by atoms with Crippen molar-refractivity contribution in [1.29, 1.82) is 0 Å². The third-order valence-electron chi connectivity index (χ3n) is 4.87. The molecule has 0 spiro atoms. The molecule has 1 N–H and O–H groups in total. The van der Waals surface area contributed by atoms with Gasteiger partial charge in [0.15, 0.2) is 0 Å². The summed E-state index contributed by atoms with van der Waals surface area (Å²) in [6.45, 7) is 4.10. The topological polar surface area (TPSA) is 35.9 Å². The molecule has 1 aromatic carbocycles. The first-order valence-corrected chi connectivity index (χ1v) is 8.16. The summed E-state index contributed by atoms with van der Waals surface area (Å²) in [5, 5.41) is 10.7. The maximum absolute atomic E-state index is 13.0. The van der Waals surface area contributed by atoms with E-state index < -0.39 is 6.10 Å². The Morgan fingerprint density at radius 1 is 1.09 bits per heavy atom. The lowest BCUT2D eigenvalue weighted by molar-refractivity contribution is -0.0618. The van der Waals surface area contributed by atoms with Gasteiger partial charge in [-0.25, -0.2) is 4.39 Å². The SMILES string of the molecule is CN1CCN([C@H]2CCC[C@@H](Oc3ccc(F)cc3)[C@@H]2O)CC1. The molecular formula is C17H25FN2O2. The van der Waals surface area contributed by atoms with E-state index in [-0.39, 0.29) is 18.0 Å². The van der Waals surface area contributed by atoms with E-state index in [2.05, 4.69) is 16.8 Å².